The average Bonchev–Trinajstić information content (AvgIpc) is 1.63. The number of fused-ring (bicyclic) bond motifs is 8. The van der Waals surface area contributed by atoms with Crippen molar-refractivity contribution in [3.8, 4) is 136 Å². The number of aromatic amines is 8. The van der Waals surface area contributed by atoms with Crippen molar-refractivity contribution in [3.05, 3.63) is 304 Å². The van der Waals surface area contributed by atoms with Crippen LogP contribution in [-0.2, 0) is 32.0 Å². The zero-order chi connectivity index (χ0) is 96.9. The summed E-state index contributed by atoms with van der Waals surface area (Å²) in [5.74, 6) is 2.77. The summed E-state index contributed by atoms with van der Waals surface area (Å²) in [5.41, 5.74) is 29.4. The van der Waals surface area contributed by atoms with Gasteiger partial charge in [0.15, 0.2) is 45.9 Å². The number of carbonyl (C=O) groups is 4. The molecule has 0 spiro atoms. The van der Waals surface area contributed by atoms with Gasteiger partial charge in [0.1, 0.15) is 34.3 Å². The Balaban J connectivity index is 0.000000112. The molecule has 34 nitrogen and oxygen atoms in total. The number of imidazole rings is 4. The summed E-state index contributed by atoms with van der Waals surface area (Å²) in [6, 6.07) is 66.8. The van der Waals surface area contributed by atoms with Gasteiger partial charge in [-0.2, -0.15) is 20.4 Å². The van der Waals surface area contributed by atoms with Gasteiger partial charge in [0.25, 0.3) is 0 Å². The molecule has 0 aliphatic rings. The molecule has 0 fully saturated rings. The molecule has 0 unspecified atom stereocenters. The van der Waals surface area contributed by atoms with Crippen LogP contribution in [0.1, 0.15) is 65.8 Å². The minimum Gasteiger partial charge on any atom is -0.337 e. The van der Waals surface area contributed by atoms with Crippen LogP contribution in [0.4, 0.5) is 11.4 Å². The molecule has 0 bridgehead atoms. The molecule has 0 saturated carbocycles. The minimum absolute atomic E-state index is 0.00381. The van der Waals surface area contributed by atoms with E-state index in [1.807, 2.05) is 248 Å². The molecule has 20 aromatic heterocycles. The summed E-state index contributed by atoms with van der Waals surface area (Å²) >= 11 is 0. The van der Waals surface area contributed by atoms with Crippen molar-refractivity contribution >= 4 is 123 Å². The van der Waals surface area contributed by atoms with Crippen molar-refractivity contribution in [3.63, 3.8) is 0 Å². The maximum absolute atomic E-state index is 12.1. The van der Waals surface area contributed by atoms with Gasteiger partial charge < -0.3 is 30.6 Å². The number of aromatic nitrogens is 28. The summed E-state index contributed by atoms with van der Waals surface area (Å²) < 4.78 is 0. The molecule has 20 heterocycles. The molecule has 0 aliphatic carbocycles. The third kappa shape index (κ3) is 18.6. The maximum atomic E-state index is 12.1. The van der Waals surface area contributed by atoms with Crippen LogP contribution in [0.2, 0.25) is 0 Å². The van der Waals surface area contributed by atoms with Crippen LogP contribution in [0.5, 0.6) is 0 Å². The van der Waals surface area contributed by atoms with Crippen molar-refractivity contribution in [2.24, 2.45) is 11.8 Å². The molecule has 0 atom stereocenters. The number of hydrogen-bond donors (Lipinski definition) is 10. The van der Waals surface area contributed by atoms with Crippen LogP contribution in [0.3, 0.4) is 0 Å². The molecule has 142 heavy (non-hydrogen) atoms. The van der Waals surface area contributed by atoms with Crippen molar-refractivity contribution in [2.45, 2.75) is 67.2 Å². The van der Waals surface area contributed by atoms with E-state index in [4.69, 9.17) is 19.9 Å². The minimum atomic E-state index is -0.123. The number of Topliss-reactive ketones (excluding diaryl/α,β-unsaturated/α-hetero) is 2. The molecule has 692 valence electrons. The summed E-state index contributed by atoms with van der Waals surface area (Å²) in [5, 5.41) is 38.9. The van der Waals surface area contributed by atoms with E-state index in [-0.39, 0.29) is 35.2 Å². The van der Waals surface area contributed by atoms with E-state index in [0.29, 0.717) is 82.9 Å². The lowest BCUT2D eigenvalue weighted by Crippen LogP contribution is -2.17. The molecule has 4 aromatic carbocycles. The van der Waals surface area contributed by atoms with E-state index < -0.39 is 0 Å². The predicted molar refractivity (Wildman–Crippen MR) is 547 cm³/mol. The van der Waals surface area contributed by atoms with Crippen LogP contribution in [0.25, 0.3) is 224 Å². The van der Waals surface area contributed by atoms with Gasteiger partial charge in [-0.25, -0.2) is 39.9 Å². The number of anilines is 2. The van der Waals surface area contributed by atoms with Gasteiger partial charge in [-0.3, -0.25) is 79.4 Å². The Morgan fingerprint density at radius 2 is 0.627 bits per heavy atom. The molecule has 24 rings (SSSR count). The monoisotopic (exact) mass is 1870 g/mol. The number of benzene rings is 4. The van der Waals surface area contributed by atoms with E-state index in [0.717, 1.165) is 189 Å². The number of ketones is 2. The first kappa shape index (κ1) is 89.3. The zero-order valence-corrected chi connectivity index (χ0v) is 77.3. The fourth-order valence-corrected chi connectivity index (χ4v) is 16.4. The second kappa shape index (κ2) is 39.2. The quantitative estimate of drug-likeness (QED) is 0.0301. The Hall–Kier alpha value is -19.3. The molecular weight excluding hydrogens is 1780 g/mol. The van der Waals surface area contributed by atoms with Crippen LogP contribution in [0, 0.1) is 11.8 Å². The van der Waals surface area contributed by atoms with Crippen LogP contribution >= 0.6 is 0 Å². The lowest BCUT2D eigenvalue weighted by molar-refractivity contribution is -0.121. The standard InChI is InChI=1S/C28H23N7O.C27H22N8O.C27H21N7O.C26H20N8O/c1-16(2)24(36)13-19-10-9-17(14-30-19)18-12-21-26(34-35-27(21)31-15-18)28-32-23-8-5-6-20(25(23)33-28)22-7-3-4-11-29-22;1-15(2)27(36)31-18-10-16(12-28-14-18)17-11-20-24(34-35-25(20)30-13-17)26-32-22-8-5-6-19(23(22)33-26)21-7-3-4-9-29-21;1-2-19(35)13-18-10-9-16(14-29-18)17-12-21-25(33-34-26(21)30-15-17)27-31-23-8-5-6-20(24(23)32-27)22-7-3-4-11-28-22;1-2-22(35)30-17-10-15(12-27-14-17)16-11-19-24(33-34-25(19)29-13-16)26-31-21-8-5-6-18(23(21)32-26)20-7-3-4-9-28-20/h3-12,14-16H,13H2,1-2H3,(H,32,33)(H,31,34,35);3-15H,1-2H3,(H,31,36)(H,32,33)(H,30,34,35);3-12,14-15H,2,13H2,1H3,(H,31,32)(H,30,33,34);3-14H,2H2,1H3,(H,30,35)(H,31,32)(H,29,33,34). The van der Waals surface area contributed by atoms with Crippen molar-refractivity contribution in [1.29, 1.82) is 0 Å². The zero-order valence-electron chi connectivity index (χ0n) is 77.3. The smallest absolute Gasteiger partial charge is 0.226 e. The summed E-state index contributed by atoms with van der Waals surface area (Å²) in [4.78, 5) is 134. The number of para-hydroxylation sites is 4. The fraction of sp³-hybridized carbons (Fsp3) is 0.111. The van der Waals surface area contributed by atoms with E-state index in [2.05, 4.69) is 131 Å². The Labute approximate surface area is 807 Å². The molecule has 34 heteroatoms. The summed E-state index contributed by atoms with van der Waals surface area (Å²) in [7, 11) is 0. The van der Waals surface area contributed by atoms with E-state index in [1.54, 1.807) is 86.8 Å². The molecule has 24 aromatic rings. The maximum Gasteiger partial charge on any atom is 0.226 e. The lowest BCUT2D eigenvalue weighted by Gasteiger charge is -2.09. The normalized spacial score (nSPS) is 11.4. The molecule has 0 saturated heterocycles. The first-order valence-corrected chi connectivity index (χ1v) is 46.0. The average molecular weight is 1870 g/mol. The Kier molecular flexibility index (Phi) is 24.6. The summed E-state index contributed by atoms with van der Waals surface area (Å²) in [6.45, 7) is 11.2. The second-order valence-electron chi connectivity index (χ2n) is 34.2. The van der Waals surface area contributed by atoms with Gasteiger partial charge in [-0.05, 0) is 121 Å². The van der Waals surface area contributed by atoms with Gasteiger partial charge >= 0.3 is 0 Å². The number of nitrogens with one attached hydrogen (secondary N) is 10. The number of carbonyl (C=O) groups excluding carboxylic acids is 4. The van der Waals surface area contributed by atoms with Gasteiger partial charge in [-0.1, -0.05) is 126 Å². The largest absolute Gasteiger partial charge is 0.337 e. The second-order valence-corrected chi connectivity index (χ2v) is 34.2. The van der Waals surface area contributed by atoms with E-state index >= 15 is 0 Å². The van der Waals surface area contributed by atoms with E-state index in [1.165, 1.54) is 0 Å². The van der Waals surface area contributed by atoms with Crippen molar-refractivity contribution in [2.75, 3.05) is 10.6 Å². The topological polar surface area (TPSA) is 476 Å². The number of rotatable bonds is 22. The number of amides is 2. The number of hydrogen-bond acceptors (Lipinski definition) is 24. The highest BCUT2D eigenvalue weighted by Gasteiger charge is 2.25. The third-order valence-corrected chi connectivity index (χ3v) is 24.0. The number of H-pyrrole nitrogens is 8. The number of nitrogens with zero attached hydrogens (tertiary/aromatic N) is 20. The highest BCUT2D eigenvalue weighted by atomic mass is 16.2. The first-order chi connectivity index (χ1) is 69.5. The van der Waals surface area contributed by atoms with E-state index in [9.17, 15) is 19.2 Å². The van der Waals surface area contributed by atoms with Gasteiger partial charge in [0, 0.05) is 190 Å². The molecule has 10 N–H and O–H groups in total. The van der Waals surface area contributed by atoms with Gasteiger partial charge in [-0.15, -0.1) is 0 Å². The van der Waals surface area contributed by atoms with Gasteiger partial charge in [0.05, 0.1) is 112 Å². The molecule has 0 radical (unpaired) electrons. The highest BCUT2D eigenvalue weighted by molar-refractivity contribution is 6.03. The van der Waals surface area contributed by atoms with Crippen LogP contribution in [0.15, 0.2) is 293 Å². The molecular formula is C108H86N30O4. The third-order valence-electron chi connectivity index (χ3n) is 24.0. The lowest BCUT2D eigenvalue weighted by atomic mass is 10.0. The first-order valence-electron chi connectivity index (χ1n) is 46.0. The fourth-order valence-electron chi connectivity index (χ4n) is 16.4. The molecule has 0 aliphatic heterocycles. The van der Waals surface area contributed by atoms with Crippen molar-refractivity contribution < 1.29 is 19.2 Å². The molecule has 2 amide bonds. The summed E-state index contributed by atoms with van der Waals surface area (Å²) in [6.07, 6.45) is 26.1. The van der Waals surface area contributed by atoms with Crippen LogP contribution < -0.4 is 10.6 Å². The van der Waals surface area contributed by atoms with Crippen molar-refractivity contribution in [1.82, 2.24) is 140 Å². The Bertz CT molecular complexity index is 8810. The predicted octanol–water partition coefficient (Wildman–Crippen LogP) is 20.7. The SMILES string of the molecule is CC(C)C(=O)Cc1ccc(-c2cnc3n[nH]c(-c4nc5c(-c6ccccn6)cccc5[nH]4)c3c2)cn1.CC(C)C(=O)Nc1cncc(-c2cnc3n[nH]c(-c4nc5c(-c6ccccn6)cccc5[nH]4)c3c2)c1.CCC(=O)Cc1ccc(-c2cnc3n[nH]c(-c4nc5c(-c6ccccn6)cccc5[nH]4)c3c2)cn1.CCC(=O)Nc1cncc(-c2cnc3n[nH]c(-c4nc5c(-c6ccccn6)cccc5[nH]4)c3c2)c1. The van der Waals surface area contributed by atoms with Gasteiger partial charge in [0.2, 0.25) is 11.8 Å². The van der Waals surface area contributed by atoms with Crippen LogP contribution in [-0.4, -0.2) is 164 Å². The number of pyridine rings is 12. The Morgan fingerprint density at radius 3 is 0.930 bits per heavy atom. The Morgan fingerprint density at radius 1 is 0.303 bits per heavy atom. The highest BCUT2D eigenvalue weighted by Crippen LogP contribution is 2.40.